The van der Waals surface area contributed by atoms with E-state index in [1.165, 1.54) is 4.90 Å². The second-order valence-electron chi connectivity index (χ2n) is 3.42. The Morgan fingerprint density at radius 2 is 1.81 bits per heavy atom. The lowest BCUT2D eigenvalue weighted by molar-refractivity contribution is -0.138. The van der Waals surface area contributed by atoms with Crippen LogP contribution in [-0.4, -0.2) is 59.5 Å². The molecule has 0 aromatic heterocycles. The van der Waals surface area contributed by atoms with Crippen molar-refractivity contribution in [2.75, 3.05) is 26.7 Å². The van der Waals surface area contributed by atoms with Gasteiger partial charge in [0.2, 0.25) is 5.91 Å². The van der Waals surface area contributed by atoms with Gasteiger partial charge in [-0.25, -0.2) is 4.79 Å². The molecule has 0 bridgehead atoms. The SMILES string of the molecule is CCCN(C)C(=O)N(CC(N)=O)CC(=O)O. The molecule has 3 amide bonds. The van der Waals surface area contributed by atoms with E-state index in [4.69, 9.17) is 10.8 Å². The number of carboxylic acids is 1. The molecule has 0 aliphatic heterocycles. The Morgan fingerprint density at radius 3 is 2.19 bits per heavy atom. The average molecular weight is 231 g/mol. The van der Waals surface area contributed by atoms with Gasteiger partial charge in [-0.2, -0.15) is 0 Å². The van der Waals surface area contributed by atoms with E-state index in [-0.39, 0.29) is 6.54 Å². The van der Waals surface area contributed by atoms with E-state index in [0.29, 0.717) is 6.54 Å². The van der Waals surface area contributed by atoms with Crippen LogP contribution < -0.4 is 5.73 Å². The molecule has 0 rings (SSSR count). The summed E-state index contributed by atoms with van der Waals surface area (Å²) in [7, 11) is 1.54. The van der Waals surface area contributed by atoms with Crippen molar-refractivity contribution in [2.24, 2.45) is 5.73 Å². The molecule has 0 atom stereocenters. The molecule has 0 radical (unpaired) electrons. The van der Waals surface area contributed by atoms with Gasteiger partial charge >= 0.3 is 12.0 Å². The third-order valence-corrected chi connectivity index (χ3v) is 1.83. The van der Waals surface area contributed by atoms with Gasteiger partial charge in [-0.15, -0.1) is 0 Å². The van der Waals surface area contributed by atoms with Crippen LogP contribution in [0.2, 0.25) is 0 Å². The fourth-order valence-electron chi connectivity index (χ4n) is 1.22. The fraction of sp³-hybridized carbons (Fsp3) is 0.667. The maximum Gasteiger partial charge on any atom is 0.323 e. The summed E-state index contributed by atoms with van der Waals surface area (Å²) < 4.78 is 0. The molecule has 7 nitrogen and oxygen atoms in total. The van der Waals surface area contributed by atoms with Crippen LogP contribution in [0, 0.1) is 0 Å². The summed E-state index contributed by atoms with van der Waals surface area (Å²) in [5, 5.41) is 8.59. The zero-order chi connectivity index (χ0) is 12.7. The Morgan fingerprint density at radius 1 is 1.25 bits per heavy atom. The van der Waals surface area contributed by atoms with Gasteiger partial charge in [-0.1, -0.05) is 6.92 Å². The standard InChI is InChI=1S/C9H17N3O4/c1-3-4-11(2)9(16)12(5-7(10)13)6-8(14)15/h3-6H2,1-2H3,(H2,10,13)(H,14,15). The molecular formula is C9H17N3O4. The molecule has 0 aliphatic rings. The van der Waals surface area contributed by atoms with Gasteiger partial charge in [0.05, 0.1) is 0 Å². The van der Waals surface area contributed by atoms with Crippen molar-refractivity contribution in [2.45, 2.75) is 13.3 Å². The number of urea groups is 1. The maximum atomic E-state index is 11.7. The molecule has 0 aliphatic carbocycles. The van der Waals surface area contributed by atoms with Crippen molar-refractivity contribution in [1.29, 1.82) is 0 Å². The van der Waals surface area contributed by atoms with Crippen LogP contribution in [-0.2, 0) is 9.59 Å². The molecule has 0 heterocycles. The second-order valence-corrected chi connectivity index (χ2v) is 3.42. The Hall–Kier alpha value is -1.79. The summed E-state index contributed by atoms with van der Waals surface area (Å²) in [6.07, 6.45) is 0.750. The number of rotatable bonds is 6. The van der Waals surface area contributed by atoms with E-state index in [9.17, 15) is 14.4 Å². The van der Waals surface area contributed by atoms with E-state index >= 15 is 0 Å². The van der Waals surface area contributed by atoms with Gasteiger partial charge in [0.1, 0.15) is 13.1 Å². The van der Waals surface area contributed by atoms with Crippen molar-refractivity contribution in [3.8, 4) is 0 Å². The van der Waals surface area contributed by atoms with Crippen molar-refractivity contribution in [1.82, 2.24) is 9.80 Å². The first-order chi connectivity index (χ1) is 7.38. The van der Waals surface area contributed by atoms with Gasteiger partial charge in [-0.3, -0.25) is 9.59 Å². The minimum Gasteiger partial charge on any atom is -0.480 e. The van der Waals surface area contributed by atoms with Crippen LogP contribution >= 0.6 is 0 Å². The molecule has 3 N–H and O–H groups in total. The molecule has 0 aromatic carbocycles. The Balaban J connectivity index is 4.54. The van der Waals surface area contributed by atoms with Crippen LogP contribution in [0.1, 0.15) is 13.3 Å². The summed E-state index contributed by atoms with van der Waals surface area (Å²) >= 11 is 0. The number of amides is 3. The number of nitrogens with two attached hydrogens (primary N) is 1. The zero-order valence-electron chi connectivity index (χ0n) is 9.47. The molecule has 0 saturated heterocycles. The van der Waals surface area contributed by atoms with Crippen LogP contribution in [0.5, 0.6) is 0 Å². The van der Waals surface area contributed by atoms with Crippen molar-refractivity contribution >= 4 is 17.9 Å². The fourth-order valence-corrected chi connectivity index (χ4v) is 1.22. The smallest absolute Gasteiger partial charge is 0.323 e. The predicted octanol–water partition coefficient (Wildman–Crippen LogP) is -0.680. The van der Waals surface area contributed by atoms with E-state index < -0.39 is 24.5 Å². The van der Waals surface area contributed by atoms with E-state index in [0.717, 1.165) is 11.3 Å². The van der Waals surface area contributed by atoms with Gasteiger partial charge in [0, 0.05) is 13.6 Å². The van der Waals surface area contributed by atoms with Gasteiger partial charge < -0.3 is 20.6 Å². The van der Waals surface area contributed by atoms with E-state index in [1.54, 1.807) is 7.05 Å². The molecule has 0 unspecified atom stereocenters. The zero-order valence-corrected chi connectivity index (χ0v) is 9.47. The first-order valence-electron chi connectivity index (χ1n) is 4.88. The molecule has 0 spiro atoms. The Bertz CT molecular complexity index is 264. The summed E-state index contributed by atoms with van der Waals surface area (Å²) in [4.78, 5) is 35.1. The molecular weight excluding hydrogens is 214 g/mol. The molecule has 0 saturated carbocycles. The first kappa shape index (κ1) is 14.2. The summed E-state index contributed by atoms with van der Waals surface area (Å²) in [5.41, 5.74) is 4.94. The highest BCUT2D eigenvalue weighted by atomic mass is 16.4. The quantitative estimate of drug-likeness (QED) is 0.632. The third kappa shape index (κ3) is 5.18. The lowest BCUT2D eigenvalue weighted by atomic mass is 10.4. The van der Waals surface area contributed by atoms with Crippen LogP contribution in [0.4, 0.5) is 4.79 Å². The van der Waals surface area contributed by atoms with Crippen LogP contribution in [0.15, 0.2) is 0 Å². The summed E-state index contributed by atoms with van der Waals surface area (Å²) in [6.45, 7) is 1.46. The predicted molar refractivity (Wildman–Crippen MR) is 56.7 cm³/mol. The average Bonchev–Trinajstić information content (AvgIpc) is 2.14. The van der Waals surface area contributed by atoms with Gasteiger partial charge in [0.15, 0.2) is 0 Å². The number of hydrogen-bond acceptors (Lipinski definition) is 3. The minimum atomic E-state index is -1.18. The highest BCUT2D eigenvalue weighted by Gasteiger charge is 2.21. The summed E-state index contributed by atoms with van der Waals surface area (Å²) in [5.74, 6) is -1.92. The lowest BCUT2D eigenvalue weighted by Gasteiger charge is -2.25. The van der Waals surface area contributed by atoms with Gasteiger partial charge in [0.25, 0.3) is 0 Å². The topological polar surface area (TPSA) is 104 Å². The number of aliphatic carboxylic acids is 1. The van der Waals surface area contributed by atoms with Crippen molar-refractivity contribution in [3.63, 3.8) is 0 Å². The van der Waals surface area contributed by atoms with Crippen molar-refractivity contribution < 1.29 is 19.5 Å². The van der Waals surface area contributed by atoms with Gasteiger partial charge in [-0.05, 0) is 6.42 Å². The number of carboxylic acid groups (broad SMARTS) is 1. The third-order valence-electron chi connectivity index (χ3n) is 1.83. The number of carbonyl (C=O) groups excluding carboxylic acids is 2. The number of carbonyl (C=O) groups is 3. The highest BCUT2D eigenvalue weighted by molar-refractivity contribution is 5.85. The Labute approximate surface area is 93.8 Å². The molecule has 92 valence electrons. The lowest BCUT2D eigenvalue weighted by Crippen LogP contribution is -2.47. The molecule has 0 aromatic rings. The van der Waals surface area contributed by atoms with Crippen LogP contribution in [0.3, 0.4) is 0 Å². The molecule has 0 fully saturated rings. The number of hydrogen-bond donors (Lipinski definition) is 2. The van der Waals surface area contributed by atoms with E-state index in [1.807, 2.05) is 6.92 Å². The number of primary amides is 1. The first-order valence-corrected chi connectivity index (χ1v) is 4.88. The van der Waals surface area contributed by atoms with Crippen LogP contribution in [0.25, 0.3) is 0 Å². The normalized spacial score (nSPS) is 9.62. The summed E-state index contributed by atoms with van der Waals surface area (Å²) in [6, 6.07) is -0.511. The monoisotopic (exact) mass is 231 g/mol. The number of nitrogens with zero attached hydrogens (tertiary/aromatic N) is 2. The largest absolute Gasteiger partial charge is 0.480 e. The van der Waals surface area contributed by atoms with Crippen molar-refractivity contribution in [3.05, 3.63) is 0 Å². The molecule has 7 heteroatoms. The highest BCUT2D eigenvalue weighted by Crippen LogP contribution is 1.98. The maximum absolute atomic E-state index is 11.7. The second kappa shape index (κ2) is 6.65. The van der Waals surface area contributed by atoms with E-state index in [2.05, 4.69) is 0 Å². The molecule has 16 heavy (non-hydrogen) atoms. The minimum absolute atomic E-state index is 0.390. The Kier molecular flexibility index (Phi) is 5.91.